The first-order chi connectivity index (χ1) is 10.7. The molecule has 130 valence electrons. The third-order valence-electron chi connectivity index (χ3n) is 3.48. The molecule has 2 atom stereocenters. The first kappa shape index (κ1) is 19.8. The molecule has 0 bridgehead atoms. The zero-order valence-corrected chi connectivity index (χ0v) is 15.5. The van der Waals surface area contributed by atoms with Crippen LogP contribution in [0.2, 0.25) is 5.02 Å². The minimum absolute atomic E-state index is 0.0260. The number of alkyl carbamates (subject to hydrolysis) is 1. The Balaban J connectivity index is 2.56. The lowest BCUT2D eigenvalue weighted by Gasteiger charge is -2.25. The number of nitrogens with one attached hydrogen (secondary N) is 2. The molecule has 1 rings (SSSR count). The molecule has 0 aromatic heterocycles. The highest BCUT2D eigenvalue weighted by molar-refractivity contribution is 6.30. The molecular weight excluding hydrogens is 312 g/mol. The quantitative estimate of drug-likeness (QED) is 0.757. The predicted octanol–water partition coefficient (Wildman–Crippen LogP) is 4.68. The summed E-state index contributed by atoms with van der Waals surface area (Å²) in [5.74, 6) is 0. The molecule has 0 saturated heterocycles. The molecule has 2 unspecified atom stereocenters. The Labute approximate surface area is 144 Å². The van der Waals surface area contributed by atoms with Gasteiger partial charge in [0.1, 0.15) is 5.60 Å². The number of amides is 1. The van der Waals surface area contributed by atoms with E-state index < -0.39 is 5.60 Å². The van der Waals surface area contributed by atoms with Crippen LogP contribution in [0, 0.1) is 0 Å². The molecule has 0 aliphatic carbocycles. The second-order valence-corrected chi connectivity index (χ2v) is 7.11. The Hall–Kier alpha value is -1.26. The lowest BCUT2D eigenvalue weighted by molar-refractivity contribution is 0.0502. The number of benzene rings is 1. The van der Waals surface area contributed by atoms with Gasteiger partial charge in [0.25, 0.3) is 0 Å². The van der Waals surface area contributed by atoms with E-state index in [-0.39, 0.29) is 18.2 Å². The van der Waals surface area contributed by atoms with E-state index >= 15 is 0 Å². The number of hydrogen-bond donors (Lipinski definition) is 2. The second-order valence-electron chi connectivity index (χ2n) is 6.68. The topological polar surface area (TPSA) is 50.4 Å². The van der Waals surface area contributed by atoms with Crippen molar-refractivity contribution in [3.63, 3.8) is 0 Å². The van der Waals surface area contributed by atoms with Crippen LogP contribution in [0.3, 0.4) is 0 Å². The summed E-state index contributed by atoms with van der Waals surface area (Å²) in [5.41, 5.74) is 0.676. The van der Waals surface area contributed by atoms with Crippen molar-refractivity contribution in [2.75, 3.05) is 6.54 Å². The molecule has 4 nitrogen and oxygen atoms in total. The van der Waals surface area contributed by atoms with Gasteiger partial charge in [-0.1, -0.05) is 37.6 Å². The van der Waals surface area contributed by atoms with Gasteiger partial charge in [-0.05, 0) is 51.3 Å². The van der Waals surface area contributed by atoms with Crippen LogP contribution in [-0.4, -0.2) is 24.3 Å². The van der Waals surface area contributed by atoms with Gasteiger partial charge in [0.05, 0.1) is 0 Å². The minimum Gasteiger partial charge on any atom is -0.444 e. The molecule has 1 aromatic rings. The summed E-state index contributed by atoms with van der Waals surface area (Å²) < 4.78 is 5.31. The number of carbonyl (C=O) groups excluding carboxylic acids is 1. The third kappa shape index (κ3) is 7.71. The SMILES string of the molecule is CCC(CNC(CC)c1cccc(Cl)c1)NC(=O)OC(C)(C)C. The monoisotopic (exact) mass is 340 g/mol. The van der Waals surface area contributed by atoms with Crippen molar-refractivity contribution in [2.45, 2.75) is 65.1 Å². The molecule has 0 saturated carbocycles. The van der Waals surface area contributed by atoms with Gasteiger partial charge in [0.2, 0.25) is 0 Å². The molecule has 5 heteroatoms. The lowest BCUT2D eigenvalue weighted by atomic mass is 10.0. The Morgan fingerprint density at radius 1 is 1.26 bits per heavy atom. The highest BCUT2D eigenvalue weighted by Gasteiger charge is 2.19. The molecule has 0 fully saturated rings. The predicted molar refractivity (Wildman–Crippen MR) is 95.9 cm³/mol. The van der Waals surface area contributed by atoms with Crippen molar-refractivity contribution in [3.8, 4) is 0 Å². The largest absolute Gasteiger partial charge is 0.444 e. The van der Waals surface area contributed by atoms with Crippen LogP contribution in [0.4, 0.5) is 4.79 Å². The molecule has 2 N–H and O–H groups in total. The molecule has 0 heterocycles. The van der Waals surface area contributed by atoms with Crippen LogP contribution in [0.25, 0.3) is 0 Å². The maximum atomic E-state index is 11.9. The van der Waals surface area contributed by atoms with Gasteiger partial charge in [-0.15, -0.1) is 0 Å². The van der Waals surface area contributed by atoms with Crippen molar-refractivity contribution >= 4 is 17.7 Å². The number of ether oxygens (including phenoxy) is 1. The normalized spacial score (nSPS) is 14.2. The molecule has 23 heavy (non-hydrogen) atoms. The highest BCUT2D eigenvalue weighted by atomic mass is 35.5. The van der Waals surface area contributed by atoms with Gasteiger partial charge in [-0.3, -0.25) is 0 Å². The average molecular weight is 341 g/mol. The van der Waals surface area contributed by atoms with Crippen LogP contribution in [0.15, 0.2) is 24.3 Å². The number of hydrogen-bond acceptors (Lipinski definition) is 3. The fourth-order valence-corrected chi connectivity index (χ4v) is 2.48. The van der Waals surface area contributed by atoms with E-state index in [2.05, 4.69) is 23.6 Å². The Morgan fingerprint density at radius 2 is 1.96 bits per heavy atom. The maximum Gasteiger partial charge on any atom is 0.407 e. The van der Waals surface area contributed by atoms with Crippen LogP contribution in [-0.2, 0) is 4.74 Å². The highest BCUT2D eigenvalue weighted by Crippen LogP contribution is 2.20. The van der Waals surface area contributed by atoms with Crippen molar-refractivity contribution in [2.24, 2.45) is 0 Å². The maximum absolute atomic E-state index is 11.9. The van der Waals surface area contributed by atoms with Gasteiger partial charge < -0.3 is 15.4 Å². The first-order valence-corrected chi connectivity index (χ1v) is 8.61. The van der Waals surface area contributed by atoms with Gasteiger partial charge in [0.15, 0.2) is 0 Å². The Bertz CT molecular complexity index is 500. The molecule has 1 amide bonds. The summed E-state index contributed by atoms with van der Waals surface area (Å²) in [6.45, 7) is 10.4. The van der Waals surface area contributed by atoms with Crippen molar-refractivity contribution in [1.29, 1.82) is 0 Å². The fourth-order valence-electron chi connectivity index (χ4n) is 2.28. The van der Waals surface area contributed by atoms with Crippen LogP contribution < -0.4 is 10.6 Å². The van der Waals surface area contributed by atoms with E-state index in [0.717, 1.165) is 23.4 Å². The number of carbonyl (C=O) groups is 1. The van der Waals surface area contributed by atoms with Crippen molar-refractivity contribution in [3.05, 3.63) is 34.9 Å². The number of halogens is 1. The van der Waals surface area contributed by atoms with Crippen LogP contribution in [0.5, 0.6) is 0 Å². The molecular formula is C18H29ClN2O2. The summed E-state index contributed by atoms with van der Waals surface area (Å²) in [7, 11) is 0. The standard InChI is InChI=1S/C18H29ClN2O2/c1-6-15(21-17(22)23-18(3,4)5)12-20-16(7-2)13-9-8-10-14(19)11-13/h8-11,15-16,20H,6-7,12H2,1-5H3,(H,21,22). The zero-order chi connectivity index (χ0) is 17.5. The van der Waals surface area contributed by atoms with Gasteiger partial charge >= 0.3 is 6.09 Å². The van der Waals surface area contributed by atoms with Crippen LogP contribution in [0.1, 0.15) is 59.1 Å². The third-order valence-corrected chi connectivity index (χ3v) is 3.72. The van der Waals surface area contributed by atoms with Gasteiger partial charge in [-0.25, -0.2) is 4.79 Å². The molecule has 1 aromatic carbocycles. The van der Waals surface area contributed by atoms with Crippen molar-refractivity contribution < 1.29 is 9.53 Å². The first-order valence-electron chi connectivity index (χ1n) is 8.23. The zero-order valence-electron chi connectivity index (χ0n) is 14.8. The molecule has 0 spiro atoms. The summed E-state index contributed by atoms with van der Waals surface area (Å²) in [6, 6.07) is 8.11. The Kier molecular flexibility index (Phi) is 7.86. The smallest absolute Gasteiger partial charge is 0.407 e. The molecule has 0 radical (unpaired) electrons. The van der Waals surface area contributed by atoms with Gasteiger partial charge in [0, 0.05) is 23.7 Å². The summed E-state index contributed by atoms with van der Waals surface area (Å²) in [4.78, 5) is 11.9. The van der Waals surface area contributed by atoms with E-state index in [9.17, 15) is 4.79 Å². The van der Waals surface area contributed by atoms with Gasteiger partial charge in [-0.2, -0.15) is 0 Å². The lowest BCUT2D eigenvalue weighted by Crippen LogP contribution is -2.44. The summed E-state index contributed by atoms with van der Waals surface area (Å²) in [6.07, 6.45) is 1.41. The summed E-state index contributed by atoms with van der Waals surface area (Å²) in [5, 5.41) is 7.16. The summed E-state index contributed by atoms with van der Waals surface area (Å²) >= 11 is 6.06. The molecule has 0 aliphatic heterocycles. The van der Waals surface area contributed by atoms with E-state index in [4.69, 9.17) is 16.3 Å². The van der Waals surface area contributed by atoms with Crippen LogP contribution >= 0.6 is 11.6 Å². The van der Waals surface area contributed by atoms with E-state index in [0.29, 0.717) is 6.54 Å². The molecule has 0 aliphatic rings. The van der Waals surface area contributed by atoms with E-state index in [1.54, 1.807) is 0 Å². The second kappa shape index (κ2) is 9.14. The minimum atomic E-state index is -0.484. The Morgan fingerprint density at radius 3 is 2.48 bits per heavy atom. The van der Waals surface area contributed by atoms with Crippen molar-refractivity contribution in [1.82, 2.24) is 10.6 Å². The number of rotatable bonds is 7. The van der Waals surface area contributed by atoms with E-state index in [1.807, 2.05) is 45.9 Å². The van der Waals surface area contributed by atoms with E-state index in [1.165, 1.54) is 0 Å². The average Bonchev–Trinajstić information content (AvgIpc) is 2.44. The fraction of sp³-hybridized carbons (Fsp3) is 0.611.